The average molecular weight is 478 g/mol. The summed E-state index contributed by atoms with van der Waals surface area (Å²) in [7, 11) is 0. The highest BCUT2D eigenvalue weighted by molar-refractivity contribution is 5.94. The topological polar surface area (TPSA) is 70.5 Å². The van der Waals surface area contributed by atoms with Gasteiger partial charge in [-0.25, -0.2) is 4.39 Å². The van der Waals surface area contributed by atoms with E-state index in [9.17, 15) is 14.0 Å². The van der Waals surface area contributed by atoms with Crippen molar-refractivity contribution in [1.82, 2.24) is 24.9 Å². The van der Waals surface area contributed by atoms with Crippen molar-refractivity contribution in [1.29, 1.82) is 0 Å². The number of hydrogen-bond donors (Lipinski definition) is 1. The first-order valence-corrected chi connectivity index (χ1v) is 11.9. The lowest BCUT2D eigenvalue weighted by atomic mass is 10.1. The van der Waals surface area contributed by atoms with Gasteiger partial charge in [0.05, 0.1) is 18.8 Å². The largest absolute Gasteiger partial charge is 0.351 e. The Kier molecular flexibility index (Phi) is 7.60. The summed E-state index contributed by atoms with van der Waals surface area (Å²) in [6.07, 6.45) is 0. The van der Waals surface area contributed by atoms with Gasteiger partial charge in [0.15, 0.2) is 0 Å². The van der Waals surface area contributed by atoms with Crippen molar-refractivity contribution in [2.75, 3.05) is 32.7 Å². The van der Waals surface area contributed by atoms with Gasteiger partial charge in [-0.1, -0.05) is 36.4 Å². The molecule has 4 rings (SSSR count). The summed E-state index contributed by atoms with van der Waals surface area (Å²) in [6.45, 7) is 9.28. The van der Waals surface area contributed by atoms with Gasteiger partial charge in [-0.2, -0.15) is 5.10 Å². The number of benzene rings is 2. The first kappa shape index (κ1) is 24.6. The Balaban J connectivity index is 1.25. The monoisotopic (exact) mass is 477 g/mol. The Labute approximate surface area is 205 Å². The predicted molar refractivity (Wildman–Crippen MR) is 133 cm³/mol. The quantitative estimate of drug-likeness (QED) is 0.568. The molecule has 1 saturated heterocycles. The summed E-state index contributed by atoms with van der Waals surface area (Å²) >= 11 is 0. The van der Waals surface area contributed by atoms with Gasteiger partial charge < -0.3 is 10.2 Å². The van der Waals surface area contributed by atoms with E-state index in [0.717, 1.165) is 17.0 Å². The van der Waals surface area contributed by atoms with Gasteiger partial charge in [0, 0.05) is 49.5 Å². The zero-order valence-corrected chi connectivity index (χ0v) is 20.6. The SMILES string of the molecule is Cc1ccc(C(=O)N2CCN(CC(=O)NCc3c(C)nn(Cc4ccccc4)c3C)CC2)cc1F. The number of amides is 2. The maximum atomic E-state index is 13.8. The minimum absolute atomic E-state index is 0.0556. The van der Waals surface area contributed by atoms with E-state index in [1.165, 1.54) is 11.6 Å². The molecule has 0 aliphatic carbocycles. The van der Waals surface area contributed by atoms with Crippen LogP contribution in [-0.4, -0.2) is 64.1 Å². The molecule has 1 fully saturated rings. The van der Waals surface area contributed by atoms with Crippen LogP contribution in [0.5, 0.6) is 0 Å². The molecular weight excluding hydrogens is 445 g/mol. The van der Waals surface area contributed by atoms with Crippen molar-refractivity contribution in [2.45, 2.75) is 33.9 Å². The molecule has 2 amide bonds. The molecule has 1 aliphatic rings. The molecule has 35 heavy (non-hydrogen) atoms. The molecule has 0 atom stereocenters. The Morgan fingerprint density at radius 2 is 1.71 bits per heavy atom. The van der Waals surface area contributed by atoms with Crippen LogP contribution in [0.1, 0.15) is 38.4 Å². The fourth-order valence-electron chi connectivity index (χ4n) is 4.36. The molecule has 7 nitrogen and oxygen atoms in total. The zero-order chi connectivity index (χ0) is 24.9. The van der Waals surface area contributed by atoms with E-state index >= 15 is 0 Å². The van der Waals surface area contributed by atoms with Crippen LogP contribution in [-0.2, 0) is 17.9 Å². The number of nitrogens with one attached hydrogen (secondary N) is 1. The van der Waals surface area contributed by atoms with E-state index in [4.69, 9.17) is 0 Å². The second-order valence-corrected chi connectivity index (χ2v) is 9.10. The van der Waals surface area contributed by atoms with Gasteiger partial charge in [0.2, 0.25) is 5.91 Å². The number of halogens is 1. The highest BCUT2D eigenvalue weighted by Crippen LogP contribution is 2.16. The molecule has 0 unspecified atom stereocenters. The van der Waals surface area contributed by atoms with E-state index in [1.807, 2.05) is 41.6 Å². The molecule has 1 N–H and O–H groups in total. The summed E-state index contributed by atoms with van der Waals surface area (Å²) in [4.78, 5) is 29.0. The van der Waals surface area contributed by atoms with Crippen LogP contribution in [0.15, 0.2) is 48.5 Å². The smallest absolute Gasteiger partial charge is 0.254 e. The van der Waals surface area contributed by atoms with E-state index in [-0.39, 0.29) is 24.2 Å². The van der Waals surface area contributed by atoms with E-state index < -0.39 is 0 Å². The standard InChI is InChI=1S/C27H32FN5O2/c1-19-9-10-23(15-25(19)28)27(35)32-13-11-31(12-14-32)18-26(34)29-16-24-20(2)30-33(21(24)3)17-22-7-5-4-6-8-22/h4-10,15H,11-14,16-18H2,1-3H3,(H,29,34). The number of carbonyl (C=O) groups excluding carboxylic acids is 2. The van der Waals surface area contributed by atoms with Crippen LogP contribution < -0.4 is 5.32 Å². The maximum Gasteiger partial charge on any atom is 0.254 e. The lowest BCUT2D eigenvalue weighted by molar-refractivity contribution is -0.122. The Bertz CT molecular complexity index is 1200. The van der Waals surface area contributed by atoms with Gasteiger partial charge in [-0.05, 0) is 44.0 Å². The van der Waals surface area contributed by atoms with Crippen LogP contribution in [0.2, 0.25) is 0 Å². The molecule has 0 radical (unpaired) electrons. The third kappa shape index (κ3) is 5.95. The normalized spacial score (nSPS) is 14.2. The van der Waals surface area contributed by atoms with Gasteiger partial charge in [-0.3, -0.25) is 19.2 Å². The maximum absolute atomic E-state index is 13.8. The molecule has 0 spiro atoms. The fraction of sp³-hybridized carbons (Fsp3) is 0.370. The molecule has 2 aromatic carbocycles. The molecular formula is C27H32FN5O2. The van der Waals surface area contributed by atoms with Crippen molar-refractivity contribution in [3.63, 3.8) is 0 Å². The minimum atomic E-state index is -0.373. The first-order chi connectivity index (χ1) is 16.8. The number of aromatic nitrogens is 2. The second-order valence-electron chi connectivity index (χ2n) is 9.10. The van der Waals surface area contributed by atoms with E-state index in [1.54, 1.807) is 24.0 Å². The number of rotatable bonds is 7. The number of piperazine rings is 1. The molecule has 3 aromatic rings. The van der Waals surface area contributed by atoms with Crippen molar-refractivity contribution >= 4 is 11.8 Å². The van der Waals surface area contributed by atoms with Gasteiger partial charge >= 0.3 is 0 Å². The highest BCUT2D eigenvalue weighted by Gasteiger charge is 2.24. The van der Waals surface area contributed by atoms with Crippen molar-refractivity contribution in [3.05, 3.63) is 88.0 Å². The predicted octanol–water partition coefficient (Wildman–Crippen LogP) is 3.07. The van der Waals surface area contributed by atoms with Gasteiger partial charge in [0.1, 0.15) is 5.82 Å². The van der Waals surface area contributed by atoms with Crippen LogP contribution in [0.25, 0.3) is 0 Å². The van der Waals surface area contributed by atoms with Crippen molar-refractivity contribution in [2.24, 2.45) is 0 Å². The van der Waals surface area contributed by atoms with Crippen LogP contribution >= 0.6 is 0 Å². The lowest BCUT2D eigenvalue weighted by Gasteiger charge is -2.34. The number of carbonyl (C=O) groups is 2. The van der Waals surface area contributed by atoms with Crippen molar-refractivity contribution in [3.8, 4) is 0 Å². The van der Waals surface area contributed by atoms with Crippen LogP contribution in [0, 0.1) is 26.6 Å². The van der Waals surface area contributed by atoms with E-state index in [0.29, 0.717) is 50.4 Å². The second kappa shape index (κ2) is 10.8. The first-order valence-electron chi connectivity index (χ1n) is 11.9. The highest BCUT2D eigenvalue weighted by atomic mass is 19.1. The number of aryl methyl sites for hydroxylation is 2. The molecule has 184 valence electrons. The van der Waals surface area contributed by atoms with Gasteiger partial charge in [0.25, 0.3) is 5.91 Å². The molecule has 1 aromatic heterocycles. The summed E-state index contributed by atoms with van der Waals surface area (Å²) in [5.41, 5.74) is 5.06. The molecule has 0 bridgehead atoms. The summed E-state index contributed by atoms with van der Waals surface area (Å²) in [6, 6.07) is 14.7. The minimum Gasteiger partial charge on any atom is -0.351 e. The molecule has 1 aliphatic heterocycles. The fourth-order valence-corrected chi connectivity index (χ4v) is 4.36. The summed E-state index contributed by atoms with van der Waals surface area (Å²) < 4.78 is 15.8. The van der Waals surface area contributed by atoms with Gasteiger partial charge in [-0.15, -0.1) is 0 Å². The Morgan fingerprint density at radius 1 is 1.00 bits per heavy atom. The van der Waals surface area contributed by atoms with Crippen molar-refractivity contribution < 1.29 is 14.0 Å². The molecule has 2 heterocycles. The Morgan fingerprint density at radius 3 is 2.40 bits per heavy atom. The lowest BCUT2D eigenvalue weighted by Crippen LogP contribution is -2.51. The molecule has 0 saturated carbocycles. The van der Waals surface area contributed by atoms with Crippen LogP contribution in [0.3, 0.4) is 0 Å². The summed E-state index contributed by atoms with van der Waals surface area (Å²) in [5.74, 6) is -0.603. The zero-order valence-electron chi connectivity index (χ0n) is 20.6. The number of nitrogens with zero attached hydrogens (tertiary/aromatic N) is 4. The Hall–Kier alpha value is -3.52. The molecule has 8 heteroatoms. The number of hydrogen-bond acceptors (Lipinski definition) is 4. The average Bonchev–Trinajstić information content (AvgIpc) is 3.12. The summed E-state index contributed by atoms with van der Waals surface area (Å²) in [5, 5.41) is 7.67. The third-order valence-electron chi connectivity index (χ3n) is 6.61. The van der Waals surface area contributed by atoms with Crippen LogP contribution in [0.4, 0.5) is 4.39 Å². The third-order valence-corrected chi connectivity index (χ3v) is 6.61. The van der Waals surface area contributed by atoms with E-state index in [2.05, 4.69) is 22.5 Å².